The smallest absolute Gasteiger partial charge is 0.338 e. The van der Waals surface area contributed by atoms with Gasteiger partial charge in [-0.1, -0.05) is 31.2 Å². The number of nitrogens with zero attached hydrogens (tertiary/aromatic N) is 2. The molecule has 0 radical (unpaired) electrons. The van der Waals surface area contributed by atoms with Gasteiger partial charge in [0.05, 0.1) is 48.1 Å². The fourth-order valence-electron chi connectivity index (χ4n) is 3.69. The Morgan fingerprint density at radius 2 is 1.94 bits per heavy atom. The van der Waals surface area contributed by atoms with Crippen molar-refractivity contribution in [3.63, 3.8) is 0 Å². The van der Waals surface area contributed by atoms with Gasteiger partial charge in [0.1, 0.15) is 10.6 Å². The molecule has 35 heavy (non-hydrogen) atoms. The van der Waals surface area contributed by atoms with Crippen LogP contribution in [0.3, 0.4) is 0 Å². The van der Waals surface area contributed by atoms with Crippen molar-refractivity contribution in [2.45, 2.75) is 26.8 Å². The third-order valence-corrected chi connectivity index (χ3v) is 6.63. The molecular weight excluding hydrogens is 466 g/mol. The Morgan fingerprint density at radius 3 is 2.71 bits per heavy atom. The molecule has 0 atom stereocenters. The van der Waals surface area contributed by atoms with Crippen LogP contribution in [-0.2, 0) is 11.3 Å². The molecule has 0 spiro atoms. The maximum Gasteiger partial charge on any atom is 0.338 e. The zero-order valence-corrected chi connectivity index (χ0v) is 20.5. The molecule has 4 rings (SSSR count). The Labute approximate surface area is 206 Å². The van der Waals surface area contributed by atoms with Gasteiger partial charge in [0, 0.05) is 0 Å². The van der Waals surface area contributed by atoms with Crippen LogP contribution in [0.25, 0.3) is 10.2 Å². The first-order chi connectivity index (χ1) is 16.9. The first kappa shape index (κ1) is 24.2. The number of esters is 1. The number of ether oxygens (including phenoxy) is 2. The van der Waals surface area contributed by atoms with Crippen molar-refractivity contribution >= 4 is 39.1 Å². The van der Waals surface area contributed by atoms with Crippen LogP contribution in [0.5, 0.6) is 5.75 Å². The van der Waals surface area contributed by atoms with Crippen molar-refractivity contribution in [1.82, 2.24) is 9.55 Å². The third kappa shape index (κ3) is 5.09. The van der Waals surface area contributed by atoms with E-state index in [1.165, 1.54) is 29.3 Å². The topological polar surface area (TPSA) is 99.5 Å². The Hall–Kier alpha value is -3.98. The molecule has 0 aliphatic heterocycles. The number of thiophene rings is 1. The molecular formula is C26H25N3O5S. The molecule has 0 bridgehead atoms. The molecule has 8 nitrogen and oxygen atoms in total. The van der Waals surface area contributed by atoms with E-state index in [1.54, 1.807) is 43.3 Å². The van der Waals surface area contributed by atoms with Gasteiger partial charge in [0.25, 0.3) is 11.5 Å². The monoisotopic (exact) mass is 491 g/mol. The summed E-state index contributed by atoms with van der Waals surface area (Å²) in [5.41, 5.74) is 2.06. The fourth-order valence-corrected chi connectivity index (χ4v) is 4.72. The van der Waals surface area contributed by atoms with E-state index in [0.29, 0.717) is 44.3 Å². The zero-order chi connectivity index (χ0) is 24.9. The lowest BCUT2D eigenvalue weighted by Gasteiger charge is -2.09. The summed E-state index contributed by atoms with van der Waals surface area (Å²) in [6.45, 7) is 4.26. The van der Waals surface area contributed by atoms with Gasteiger partial charge in [-0.3, -0.25) is 14.2 Å². The van der Waals surface area contributed by atoms with Gasteiger partial charge in [0.15, 0.2) is 0 Å². The average Bonchev–Trinajstić information content (AvgIpc) is 3.21. The molecule has 0 saturated carbocycles. The molecule has 9 heteroatoms. The quantitative estimate of drug-likeness (QED) is 0.361. The van der Waals surface area contributed by atoms with Crippen molar-refractivity contribution in [3.8, 4) is 5.75 Å². The van der Waals surface area contributed by atoms with Gasteiger partial charge in [-0.15, -0.1) is 11.3 Å². The number of carbonyl (C=O) groups excluding carboxylic acids is 2. The van der Waals surface area contributed by atoms with Crippen LogP contribution in [0.1, 0.15) is 44.5 Å². The molecule has 0 saturated heterocycles. The van der Waals surface area contributed by atoms with Crippen molar-refractivity contribution in [3.05, 3.63) is 86.8 Å². The second kappa shape index (κ2) is 10.5. The Balaban J connectivity index is 1.62. The molecule has 0 aliphatic carbocycles. The van der Waals surface area contributed by atoms with Crippen molar-refractivity contribution in [2.75, 3.05) is 19.0 Å². The van der Waals surface area contributed by atoms with Gasteiger partial charge >= 0.3 is 5.97 Å². The third-order valence-electron chi connectivity index (χ3n) is 5.43. The largest absolute Gasteiger partial charge is 0.495 e. The number of amides is 1. The van der Waals surface area contributed by atoms with Crippen LogP contribution in [0.4, 0.5) is 5.69 Å². The Morgan fingerprint density at radius 1 is 1.14 bits per heavy atom. The minimum atomic E-state index is -0.394. The molecule has 4 aromatic rings. The molecule has 2 aromatic carbocycles. The van der Waals surface area contributed by atoms with Gasteiger partial charge in [-0.05, 0) is 48.7 Å². The molecule has 180 valence electrons. The van der Waals surface area contributed by atoms with Gasteiger partial charge < -0.3 is 14.8 Å². The van der Waals surface area contributed by atoms with E-state index in [0.717, 1.165) is 12.0 Å². The van der Waals surface area contributed by atoms with E-state index in [4.69, 9.17) is 9.47 Å². The molecule has 0 fully saturated rings. The summed E-state index contributed by atoms with van der Waals surface area (Å²) >= 11 is 1.17. The highest BCUT2D eigenvalue weighted by molar-refractivity contribution is 7.20. The number of rotatable bonds is 8. The number of benzene rings is 2. The molecule has 0 unspecified atom stereocenters. The number of anilines is 1. The second-order valence-corrected chi connectivity index (χ2v) is 8.90. The van der Waals surface area contributed by atoms with Gasteiger partial charge in [-0.25, -0.2) is 9.78 Å². The number of carbonyl (C=O) groups is 2. The second-order valence-electron chi connectivity index (χ2n) is 7.90. The fraction of sp³-hybridized carbons (Fsp3) is 0.231. The number of nitrogens with one attached hydrogen (secondary N) is 1. The zero-order valence-electron chi connectivity index (χ0n) is 19.7. The first-order valence-electron chi connectivity index (χ1n) is 11.1. The first-order valence-corrected chi connectivity index (χ1v) is 11.9. The summed E-state index contributed by atoms with van der Waals surface area (Å²) < 4.78 is 12.0. The minimum Gasteiger partial charge on any atom is -0.495 e. The van der Waals surface area contributed by atoms with Crippen molar-refractivity contribution < 1.29 is 19.1 Å². The maximum atomic E-state index is 13.3. The summed E-state index contributed by atoms with van der Waals surface area (Å²) in [6, 6.07) is 14.1. The lowest BCUT2D eigenvalue weighted by atomic mass is 10.1. The van der Waals surface area contributed by atoms with Crippen LogP contribution in [0, 0.1) is 6.92 Å². The lowest BCUT2D eigenvalue weighted by Crippen LogP contribution is -2.21. The summed E-state index contributed by atoms with van der Waals surface area (Å²) in [4.78, 5) is 43.8. The number of para-hydroxylation sites is 2. The van der Waals surface area contributed by atoms with Gasteiger partial charge in [-0.2, -0.15) is 0 Å². The molecule has 2 aromatic heterocycles. The number of hydrogen-bond acceptors (Lipinski definition) is 7. The number of aryl methyl sites for hydroxylation is 1. The van der Waals surface area contributed by atoms with E-state index in [1.807, 2.05) is 19.1 Å². The predicted molar refractivity (Wildman–Crippen MR) is 136 cm³/mol. The van der Waals surface area contributed by atoms with Crippen LogP contribution >= 0.6 is 11.3 Å². The van der Waals surface area contributed by atoms with Crippen LogP contribution < -0.4 is 15.6 Å². The van der Waals surface area contributed by atoms with Crippen LogP contribution in [0.2, 0.25) is 0 Å². The Bertz CT molecular complexity index is 1460. The lowest BCUT2D eigenvalue weighted by molar-refractivity contribution is 0.0505. The minimum absolute atomic E-state index is 0.231. The van der Waals surface area contributed by atoms with E-state index < -0.39 is 5.97 Å². The van der Waals surface area contributed by atoms with Crippen LogP contribution in [0.15, 0.2) is 59.7 Å². The number of hydrogen-bond donors (Lipinski definition) is 1. The highest BCUT2D eigenvalue weighted by atomic mass is 32.1. The number of fused-ring (bicyclic) bond motifs is 1. The summed E-state index contributed by atoms with van der Waals surface area (Å²) in [7, 11) is 1.53. The highest BCUT2D eigenvalue weighted by Crippen LogP contribution is 2.29. The van der Waals surface area contributed by atoms with Gasteiger partial charge in [0.2, 0.25) is 0 Å². The normalized spacial score (nSPS) is 10.8. The molecule has 1 amide bonds. The molecule has 2 heterocycles. The summed E-state index contributed by atoms with van der Waals surface area (Å²) in [6.07, 6.45) is 2.20. The summed E-state index contributed by atoms with van der Waals surface area (Å²) in [5.74, 6) is -0.186. The van der Waals surface area contributed by atoms with Crippen molar-refractivity contribution in [1.29, 1.82) is 0 Å². The molecule has 1 N–H and O–H groups in total. The number of methoxy groups -OCH3 is 1. The summed E-state index contributed by atoms with van der Waals surface area (Å²) in [5, 5.41) is 3.25. The maximum absolute atomic E-state index is 13.3. The number of aromatic nitrogens is 2. The molecule has 0 aliphatic rings. The van der Waals surface area contributed by atoms with Crippen molar-refractivity contribution in [2.24, 2.45) is 0 Å². The van der Waals surface area contributed by atoms with Crippen LogP contribution in [-0.4, -0.2) is 35.1 Å². The van der Waals surface area contributed by atoms with E-state index in [2.05, 4.69) is 10.3 Å². The average molecular weight is 492 g/mol. The van der Waals surface area contributed by atoms with E-state index in [9.17, 15) is 14.4 Å². The predicted octanol–water partition coefficient (Wildman–Crippen LogP) is 4.64. The standard InChI is InChI=1S/C26H25N3O5S/c1-4-12-34-26(32)18-9-7-8-17(13-18)14-29-15-27-24-21(25(29)31)16(2)22(35-24)23(30)28-19-10-5-6-11-20(19)33-3/h5-11,13,15H,4,12,14H2,1-3H3,(H,28,30). The highest BCUT2D eigenvalue weighted by Gasteiger charge is 2.20. The SMILES string of the molecule is CCCOC(=O)c1cccc(Cn2cnc3sc(C(=O)Nc4ccccc4OC)c(C)c3c2=O)c1. The Kier molecular flexibility index (Phi) is 7.26. The van der Waals surface area contributed by atoms with E-state index in [-0.39, 0.29) is 18.0 Å². The van der Waals surface area contributed by atoms with E-state index >= 15 is 0 Å².